The highest BCUT2D eigenvalue weighted by atomic mass is 35.5. The molecular formula is C16H20ClNO4. The van der Waals surface area contributed by atoms with Gasteiger partial charge in [-0.3, -0.25) is 4.79 Å². The van der Waals surface area contributed by atoms with Crippen molar-refractivity contribution in [3.8, 4) is 0 Å². The van der Waals surface area contributed by atoms with Gasteiger partial charge in [-0.25, -0.2) is 4.79 Å². The highest BCUT2D eigenvalue weighted by Gasteiger charge is 2.36. The van der Waals surface area contributed by atoms with Crippen molar-refractivity contribution in [3.05, 3.63) is 34.9 Å². The Bertz CT molecular complexity index is 561. The maximum Gasteiger partial charge on any atom is 0.332 e. The monoisotopic (exact) mass is 325 g/mol. The van der Waals surface area contributed by atoms with Crippen LogP contribution in [0.5, 0.6) is 0 Å². The first-order valence-corrected chi connectivity index (χ1v) is 7.71. The number of hydrogen-bond acceptors (Lipinski definition) is 3. The summed E-state index contributed by atoms with van der Waals surface area (Å²) >= 11 is 6.21. The molecule has 2 rings (SSSR count). The van der Waals surface area contributed by atoms with Crippen LogP contribution < -0.4 is 5.32 Å². The molecule has 0 bridgehead atoms. The number of hydrogen-bond donors (Lipinski definition) is 2. The van der Waals surface area contributed by atoms with Crippen molar-refractivity contribution < 1.29 is 19.4 Å². The minimum absolute atomic E-state index is 0.139. The molecule has 1 aromatic carbocycles. The summed E-state index contributed by atoms with van der Waals surface area (Å²) in [5.41, 5.74) is 0.847. The smallest absolute Gasteiger partial charge is 0.332 e. The van der Waals surface area contributed by atoms with Crippen molar-refractivity contribution in [1.82, 2.24) is 5.32 Å². The molecule has 1 saturated heterocycles. The van der Waals surface area contributed by atoms with Gasteiger partial charge in [0, 0.05) is 5.02 Å². The summed E-state index contributed by atoms with van der Waals surface area (Å²) in [6.07, 6.45) is -0.847. The molecule has 22 heavy (non-hydrogen) atoms. The molecule has 1 heterocycles. The van der Waals surface area contributed by atoms with Crippen molar-refractivity contribution in [2.45, 2.75) is 44.9 Å². The van der Waals surface area contributed by atoms with Crippen molar-refractivity contribution in [2.24, 2.45) is 5.92 Å². The lowest BCUT2D eigenvalue weighted by molar-refractivity contribution is -0.152. The maximum absolute atomic E-state index is 12.3. The van der Waals surface area contributed by atoms with Gasteiger partial charge in [-0.05, 0) is 30.4 Å². The third kappa shape index (κ3) is 3.78. The number of amides is 1. The number of carbonyl (C=O) groups excluding carboxylic acids is 1. The predicted octanol–water partition coefficient (Wildman–Crippen LogP) is 2.79. The second kappa shape index (κ2) is 7.11. The minimum Gasteiger partial charge on any atom is -0.479 e. The Hall–Kier alpha value is -1.59. The molecule has 1 aliphatic rings. The quantitative estimate of drug-likeness (QED) is 0.873. The van der Waals surface area contributed by atoms with Crippen LogP contribution in [0, 0.1) is 5.92 Å². The molecule has 1 unspecified atom stereocenters. The molecule has 1 amide bonds. The van der Waals surface area contributed by atoms with E-state index in [1.54, 1.807) is 6.07 Å². The second-order valence-electron chi connectivity index (χ2n) is 5.78. The maximum atomic E-state index is 12.3. The van der Waals surface area contributed by atoms with Gasteiger partial charge in [-0.15, -0.1) is 0 Å². The molecule has 2 N–H and O–H groups in total. The van der Waals surface area contributed by atoms with Crippen molar-refractivity contribution >= 4 is 23.5 Å². The van der Waals surface area contributed by atoms with E-state index in [0.717, 1.165) is 5.56 Å². The number of benzene rings is 1. The van der Waals surface area contributed by atoms with Gasteiger partial charge in [-0.2, -0.15) is 0 Å². The number of ether oxygens (including phenoxy) is 1. The van der Waals surface area contributed by atoms with Crippen LogP contribution in [-0.4, -0.2) is 29.2 Å². The van der Waals surface area contributed by atoms with Gasteiger partial charge >= 0.3 is 5.97 Å². The van der Waals surface area contributed by atoms with E-state index in [0.29, 0.717) is 17.9 Å². The number of rotatable bonds is 5. The number of carboxylic acid groups (broad SMARTS) is 1. The molecule has 1 aliphatic heterocycles. The highest BCUT2D eigenvalue weighted by molar-refractivity contribution is 6.31. The molecule has 0 saturated carbocycles. The first-order chi connectivity index (χ1) is 10.4. The molecule has 3 atom stereocenters. The van der Waals surface area contributed by atoms with Crippen LogP contribution >= 0.6 is 11.6 Å². The summed E-state index contributed by atoms with van der Waals surface area (Å²) in [6, 6.07) is 7.12. The van der Waals surface area contributed by atoms with Crippen LogP contribution in [0.4, 0.5) is 0 Å². The zero-order valence-corrected chi connectivity index (χ0v) is 13.3. The largest absolute Gasteiger partial charge is 0.479 e. The molecule has 120 valence electrons. The van der Waals surface area contributed by atoms with E-state index >= 15 is 0 Å². The highest BCUT2D eigenvalue weighted by Crippen LogP contribution is 2.29. The number of aliphatic carboxylic acids is 1. The average molecular weight is 326 g/mol. The fourth-order valence-corrected chi connectivity index (χ4v) is 2.84. The lowest BCUT2D eigenvalue weighted by Gasteiger charge is -2.25. The van der Waals surface area contributed by atoms with Gasteiger partial charge in [0.2, 0.25) is 5.91 Å². The first kappa shape index (κ1) is 16.8. The topological polar surface area (TPSA) is 75.6 Å². The Morgan fingerprint density at radius 2 is 1.91 bits per heavy atom. The van der Waals surface area contributed by atoms with Crippen LogP contribution in [0.25, 0.3) is 0 Å². The molecule has 5 nitrogen and oxygen atoms in total. The van der Waals surface area contributed by atoms with Crippen molar-refractivity contribution in [3.63, 3.8) is 0 Å². The predicted molar refractivity (Wildman–Crippen MR) is 82.7 cm³/mol. The summed E-state index contributed by atoms with van der Waals surface area (Å²) in [4.78, 5) is 23.2. The second-order valence-corrected chi connectivity index (χ2v) is 6.19. The molecule has 0 radical (unpaired) electrons. The third-order valence-electron chi connectivity index (χ3n) is 3.79. The molecule has 1 fully saturated rings. The van der Waals surface area contributed by atoms with E-state index in [9.17, 15) is 9.59 Å². The molecular weight excluding hydrogens is 306 g/mol. The number of nitrogens with one attached hydrogen (secondary N) is 1. The average Bonchev–Trinajstić information content (AvgIpc) is 2.95. The summed E-state index contributed by atoms with van der Waals surface area (Å²) in [6.45, 7) is 3.98. The zero-order valence-electron chi connectivity index (χ0n) is 12.6. The molecule has 0 aliphatic carbocycles. The third-order valence-corrected chi connectivity index (χ3v) is 4.14. The van der Waals surface area contributed by atoms with Gasteiger partial charge < -0.3 is 15.2 Å². The Kier molecular flexibility index (Phi) is 5.42. The Morgan fingerprint density at radius 1 is 1.27 bits per heavy atom. The van der Waals surface area contributed by atoms with Crippen LogP contribution in [-0.2, 0) is 14.3 Å². The number of carbonyl (C=O) groups is 2. The van der Waals surface area contributed by atoms with E-state index in [4.69, 9.17) is 21.4 Å². The van der Waals surface area contributed by atoms with E-state index in [1.807, 2.05) is 32.0 Å². The SMILES string of the molecule is CC(C)C(NC(=O)[C@@H]1CC[C@H](C(=O)O)O1)c1ccccc1Cl. The molecule has 0 aromatic heterocycles. The molecule has 1 aromatic rings. The lowest BCUT2D eigenvalue weighted by Crippen LogP contribution is -2.39. The van der Waals surface area contributed by atoms with Gasteiger partial charge in [0.05, 0.1) is 6.04 Å². The van der Waals surface area contributed by atoms with Gasteiger partial charge in [0.15, 0.2) is 6.10 Å². The Balaban J connectivity index is 2.08. The fourth-order valence-electron chi connectivity index (χ4n) is 2.59. The summed E-state index contributed by atoms with van der Waals surface area (Å²) in [5, 5.41) is 12.5. The minimum atomic E-state index is -1.03. The van der Waals surface area contributed by atoms with E-state index in [-0.39, 0.29) is 17.9 Å². The van der Waals surface area contributed by atoms with Gasteiger partial charge in [0.1, 0.15) is 6.10 Å². The molecule has 0 spiro atoms. The molecule has 6 heteroatoms. The van der Waals surface area contributed by atoms with Crippen molar-refractivity contribution in [1.29, 1.82) is 0 Å². The number of halogens is 1. The number of carboxylic acids is 1. The normalized spacial score (nSPS) is 22.5. The van der Waals surface area contributed by atoms with Gasteiger partial charge in [-0.1, -0.05) is 43.6 Å². The standard InChI is InChI=1S/C16H20ClNO4/c1-9(2)14(10-5-3-4-6-11(10)17)18-15(19)12-7-8-13(22-12)16(20)21/h3-6,9,12-14H,7-8H2,1-2H3,(H,18,19)(H,20,21)/t12-,13+,14?/m0/s1. The Labute approximate surface area is 134 Å². The fraction of sp³-hybridized carbons (Fsp3) is 0.500. The van der Waals surface area contributed by atoms with E-state index < -0.39 is 18.2 Å². The summed E-state index contributed by atoms with van der Waals surface area (Å²) in [7, 11) is 0. The zero-order chi connectivity index (χ0) is 16.3. The van der Waals surface area contributed by atoms with Crippen LogP contribution in [0.2, 0.25) is 5.02 Å². The van der Waals surface area contributed by atoms with E-state index in [1.165, 1.54) is 0 Å². The van der Waals surface area contributed by atoms with Crippen LogP contribution in [0.1, 0.15) is 38.3 Å². The Morgan fingerprint density at radius 3 is 2.45 bits per heavy atom. The summed E-state index contributed by atoms with van der Waals surface area (Å²) < 4.78 is 5.29. The van der Waals surface area contributed by atoms with Gasteiger partial charge in [0.25, 0.3) is 0 Å². The van der Waals surface area contributed by atoms with E-state index in [2.05, 4.69) is 5.32 Å². The van der Waals surface area contributed by atoms with Crippen LogP contribution in [0.15, 0.2) is 24.3 Å². The van der Waals surface area contributed by atoms with Crippen LogP contribution in [0.3, 0.4) is 0 Å². The summed E-state index contributed by atoms with van der Waals surface area (Å²) in [5.74, 6) is -1.18. The lowest BCUT2D eigenvalue weighted by atomic mass is 9.95. The van der Waals surface area contributed by atoms with Crippen molar-refractivity contribution in [2.75, 3.05) is 0 Å². The first-order valence-electron chi connectivity index (χ1n) is 7.33.